The van der Waals surface area contributed by atoms with Gasteiger partial charge in [0.1, 0.15) is 0 Å². The molecule has 1 unspecified atom stereocenters. The lowest BCUT2D eigenvalue weighted by Gasteiger charge is -2.15. The number of hydrogen-bond donors (Lipinski definition) is 1. The second-order valence-corrected chi connectivity index (χ2v) is 5.55. The Morgan fingerprint density at radius 3 is 2.79 bits per heavy atom. The number of rotatable bonds is 5. The van der Waals surface area contributed by atoms with Crippen LogP contribution >= 0.6 is 0 Å². The van der Waals surface area contributed by atoms with Gasteiger partial charge in [0.05, 0.1) is 11.9 Å². The predicted octanol–water partition coefficient (Wildman–Crippen LogP) is -0.581. The maximum absolute atomic E-state index is 11.6. The molecule has 1 fully saturated rings. The molecule has 0 aromatic rings. The van der Waals surface area contributed by atoms with Crippen LogP contribution < -0.4 is 0 Å². The highest BCUT2D eigenvalue weighted by atomic mass is 32.2. The van der Waals surface area contributed by atoms with Crippen LogP contribution in [-0.2, 0) is 14.8 Å². The molecule has 0 spiro atoms. The SMILES string of the molecule is COCCCS(=O)(=O)N1CCC(O)C1. The summed E-state index contributed by atoms with van der Waals surface area (Å²) in [6, 6.07) is 0. The molecule has 6 heteroatoms. The largest absolute Gasteiger partial charge is 0.392 e. The molecular weight excluding hydrogens is 206 g/mol. The number of hydrogen-bond acceptors (Lipinski definition) is 4. The van der Waals surface area contributed by atoms with Crippen LogP contribution in [0.1, 0.15) is 12.8 Å². The van der Waals surface area contributed by atoms with E-state index in [9.17, 15) is 13.5 Å². The van der Waals surface area contributed by atoms with Gasteiger partial charge in [-0.2, -0.15) is 4.31 Å². The molecule has 1 heterocycles. The predicted molar refractivity (Wildman–Crippen MR) is 52.5 cm³/mol. The van der Waals surface area contributed by atoms with Crippen LogP contribution in [0.25, 0.3) is 0 Å². The minimum absolute atomic E-state index is 0.105. The zero-order valence-electron chi connectivity index (χ0n) is 8.35. The summed E-state index contributed by atoms with van der Waals surface area (Å²) in [5.41, 5.74) is 0. The molecule has 0 amide bonds. The zero-order chi connectivity index (χ0) is 10.6. The number of aliphatic hydroxyl groups excluding tert-OH is 1. The lowest BCUT2D eigenvalue weighted by atomic mass is 10.3. The Kier molecular flexibility index (Phi) is 4.31. The Hall–Kier alpha value is -0.170. The summed E-state index contributed by atoms with van der Waals surface area (Å²) in [7, 11) is -1.62. The Morgan fingerprint density at radius 2 is 2.29 bits per heavy atom. The molecule has 5 nitrogen and oxygen atoms in total. The van der Waals surface area contributed by atoms with Gasteiger partial charge in [0.25, 0.3) is 0 Å². The topological polar surface area (TPSA) is 66.8 Å². The van der Waals surface area contributed by atoms with Gasteiger partial charge in [0, 0.05) is 26.8 Å². The van der Waals surface area contributed by atoms with Gasteiger partial charge in [-0.05, 0) is 12.8 Å². The molecule has 0 radical (unpaired) electrons. The third-order valence-corrected chi connectivity index (χ3v) is 4.19. The van der Waals surface area contributed by atoms with Gasteiger partial charge in [0.15, 0.2) is 0 Å². The third kappa shape index (κ3) is 3.20. The van der Waals surface area contributed by atoms with Crippen molar-refractivity contribution in [2.75, 3.05) is 32.6 Å². The van der Waals surface area contributed by atoms with Crippen molar-refractivity contribution in [2.45, 2.75) is 18.9 Å². The summed E-state index contributed by atoms with van der Waals surface area (Å²) < 4.78 is 29.4. The van der Waals surface area contributed by atoms with E-state index in [1.165, 1.54) is 4.31 Å². The molecule has 1 N–H and O–H groups in total. The van der Waals surface area contributed by atoms with E-state index in [-0.39, 0.29) is 12.3 Å². The smallest absolute Gasteiger partial charge is 0.214 e. The van der Waals surface area contributed by atoms with Gasteiger partial charge >= 0.3 is 0 Å². The molecule has 1 aliphatic heterocycles. The van der Waals surface area contributed by atoms with Gasteiger partial charge in [-0.1, -0.05) is 0 Å². The van der Waals surface area contributed by atoms with E-state index in [0.717, 1.165) is 0 Å². The van der Waals surface area contributed by atoms with Gasteiger partial charge in [-0.3, -0.25) is 0 Å². The lowest BCUT2D eigenvalue weighted by molar-refractivity contribution is 0.188. The summed E-state index contributed by atoms with van der Waals surface area (Å²) in [5, 5.41) is 9.20. The van der Waals surface area contributed by atoms with E-state index in [0.29, 0.717) is 26.0 Å². The van der Waals surface area contributed by atoms with Crippen molar-refractivity contribution >= 4 is 10.0 Å². The van der Waals surface area contributed by atoms with E-state index in [4.69, 9.17) is 4.74 Å². The van der Waals surface area contributed by atoms with E-state index in [1.54, 1.807) is 7.11 Å². The number of aliphatic hydroxyl groups is 1. The molecule has 0 aromatic heterocycles. The van der Waals surface area contributed by atoms with Gasteiger partial charge in [0.2, 0.25) is 10.0 Å². The van der Waals surface area contributed by atoms with E-state index < -0.39 is 16.1 Å². The summed E-state index contributed by atoms with van der Waals surface area (Å²) in [4.78, 5) is 0. The number of methoxy groups -OCH3 is 1. The Labute approximate surface area is 84.7 Å². The first-order chi connectivity index (χ1) is 6.56. The fraction of sp³-hybridized carbons (Fsp3) is 1.00. The second-order valence-electron chi connectivity index (χ2n) is 3.46. The molecule has 1 aliphatic rings. The standard InChI is InChI=1S/C8H17NO4S/c1-13-5-2-6-14(11,12)9-4-3-8(10)7-9/h8,10H,2-7H2,1H3. The van der Waals surface area contributed by atoms with Crippen molar-refractivity contribution < 1.29 is 18.3 Å². The van der Waals surface area contributed by atoms with Crippen molar-refractivity contribution in [2.24, 2.45) is 0 Å². The first-order valence-electron chi connectivity index (χ1n) is 4.71. The first kappa shape index (κ1) is 11.9. The van der Waals surface area contributed by atoms with Crippen LogP contribution in [0.4, 0.5) is 0 Å². The van der Waals surface area contributed by atoms with Crippen molar-refractivity contribution in [3.05, 3.63) is 0 Å². The third-order valence-electron chi connectivity index (χ3n) is 2.27. The van der Waals surface area contributed by atoms with Crippen molar-refractivity contribution in [3.63, 3.8) is 0 Å². The molecule has 0 aromatic carbocycles. The minimum atomic E-state index is -3.17. The number of β-amino-alcohol motifs (C(OH)–C–C–N with tert-alkyl or cyclic N) is 1. The molecular formula is C8H17NO4S. The first-order valence-corrected chi connectivity index (χ1v) is 6.32. The lowest BCUT2D eigenvalue weighted by Crippen LogP contribution is -2.32. The fourth-order valence-electron chi connectivity index (χ4n) is 1.48. The molecule has 1 atom stereocenters. The highest BCUT2D eigenvalue weighted by Crippen LogP contribution is 2.14. The quantitative estimate of drug-likeness (QED) is 0.633. The summed E-state index contributed by atoms with van der Waals surface area (Å²) >= 11 is 0. The van der Waals surface area contributed by atoms with E-state index >= 15 is 0 Å². The molecule has 0 saturated carbocycles. The van der Waals surface area contributed by atoms with Gasteiger partial charge in [-0.25, -0.2) is 8.42 Å². The zero-order valence-corrected chi connectivity index (χ0v) is 9.16. The van der Waals surface area contributed by atoms with Crippen LogP contribution in [0.3, 0.4) is 0 Å². The maximum Gasteiger partial charge on any atom is 0.214 e. The van der Waals surface area contributed by atoms with Crippen LogP contribution in [0.2, 0.25) is 0 Å². The van der Waals surface area contributed by atoms with Crippen LogP contribution in [0.5, 0.6) is 0 Å². The number of nitrogens with zero attached hydrogens (tertiary/aromatic N) is 1. The fourth-order valence-corrected chi connectivity index (χ4v) is 3.00. The van der Waals surface area contributed by atoms with E-state index in [1.807, 2.05) is 0 Å². The number of sulfonamides is 1. The molecule has 0 bridgehead atoms. The average molecular weight is 223 g/mol. The summed E-state index contributed by atoms with van der Waals surface area (Å²) in [5.74, 6) is 0.105. The molecule has 1 saturated heterocycles. The van der Waals surface area contributed by atoms with Gasteiger partial charge < -0.3 is 9.84 Å². The monoisotopic (exact) mass is 223 g/mol. The Balaban J connectivity index is 2.41. The van der Waals surface area contributed by atoms with Crippen molar-refractivity contribution in [1.82, 2.24) is 4.31 Å². The summed E-state index contributed by atoms with van der Waals surface area (Å²) in [6.07, 6.45) is 0.557. The van der Waals surface area contributed by atoms with Crippen LogP contribution in [-0.4, -0.2) is 56.5 Å². The molecule has 0 aliphatic carbocycles. The van der Waals surface area contributed by atoms with Crippen LogP contribution in [0.15, 0.2) is 0 Å². The second kappa shape index (κ2) is 5.06. The van der Waals surface area contributed by atoms with Gasteiger partial charge in [-0.15, -0.1) is 0 Å². The van der Waals surface area contributed by atoms with Crippen LogP contribution in [0, 0.1) is 0 Å². The highest BCUT2D eigenvalue weighted by molar-refractivity contribution is 7.89. The van der Waals surface area contributed by atoms with Crippen molar-refractivity contribution in [1.29, 1.82) is 0 Å². The molecule has 1 rings (SSSR count). The highest BCUT2D eigenvalue weighted by Gasteiger charge is 2.29. The summed E-state index contributed by atoms with van der Waals surface area (Å²) in [6.45, 7) is 1.14. The Bertz CT molecular complexity index is 265. The molecule has 84 valence electrons. The normalized spacial score (nSPS) is 24.3. The van der Waals surface area contributed by atoms with E-state index in [2.05, 4.69) is 0 Å². The number of ether oxygens (including phenoxy) is 1. The average Bonchev–Trinajstić information content (AvgIpc) is 2.53. The Morgan fingerprint density at radius 1 is 1.57 bits per heavy atom. The van der Waals surface area contributed by atoms with Crippen molar-refractivity contribution in [3.8, 4) is 0 Å². The maximum atomic E-state index is 11.6. The molecule has 14 heavy (non-hydrogen) atoms. The minimum Gasteiger partial charge on any atom is -0.392 e.